The van der Waals surface area contributed by atoms with Crippen LogP contribution in [0.5, 0.6) is 5.75 Å². The van der Waals surface area contributed by atoms with E-state index < -0.39 is 0 Å². The molecule has 0 saturated heterocycles. The zero-order valence-electron chi connectivity index (χ0n) is 14.8. The highest BCUT2D eigenvalue weighted by Gasteiger charge is 2.14. The van der Waals surface area contributed by atoms with Crippen molar-refractivity contribution in [1.82, 2.24) is 14.6 Å². The van der Waals surface area contributed by atoms with Gasteiger partial charge < -0.3 is 10.4 Å². The molecule has 0 aliphatic heterocycles. The monoisotopic (exact) mass is 422 g/mol. The second-order valence-electron chi connectivity index (χ2n) is 6.46. The molecule has 136 valence electrons. The highest BCUT2D eigenvalue weighted by molar-refractivity contribution is 9.10. The van der Waals surface area contributed by atoms with Crippen molar-refractivity contribution in [2.24, 2.45) is 0 Å². The molecule has 0 amide bonds. The van der Waals surface area contributed by atoms with Gasteiger partial charge in [0.05, 0.1) is 16.4 Å². The molecule has 1 unspecified atom stereocenters. The number of aromatic hydroxyl groups is 1. The van der Waals surface area contributed by atoms with Crippen molar-refractivity contribution in [1.29, 1.82) is 0 Å². The number of anilines is 1. The number of nitrogens with zero attached hydrogens (tertiary/aromatic N) is 3. The largest absolute Gasteiger partial charge is 0.507 e. The minimum absolute atomic E-state index is 0.202. The smallest absolute Gasteiger partial charge is 0.172 e. The summed E-state index contributed by atoms with van der Waals surface area (Å²) in [4.78, 5) is 4.67. The number of phenolic OH excluding ortho intramolecular Hbond substituents is 1. The Morgan fingerprint density at radius 1 is 1.11 bits per heavy atom. The molecule has 4 aromatic rings. The lowest BCUT2D eigenvalue weighted by atomic mass is 10.0. The Bertz CT molecular complexity index is 1080. The van der Waals surface area contributed by atoms with Crippen LogP contribution in [0.1, 0.15) is 18.4 Å². The molecule has 1 atom stereocenters. The topological polar surface area (TPSA) is 62.5 Å². The van der Waals surface area contributed by atoms with E-state index >= 15 is 0 Å². The molecule has 4 rings (SSSR count). The molecule has 0 bridgehead atoms. The Kier molecular flexibility index (Phi) is 4.81. The van der Waals surface area contributed by atoms with E-state index in [1.165, 1.54) is 5.56 Å². The maximum atomic E-state index is 10.2. The quantitative estimate of drug-likeness (QED) is 0.470. The van der Waals surface area contributed by atoms with E-state index in [2.05, 4.69) is 62.5 Å². The van der Waals surface area contributed by atoms with Crippen LogP contribution in [-0.2, 0) is 0 Å². The summed E-state index contributed by atoms with van der Waals surface area (Å²) < 4.78 is 2.57. The van der Waals surface area contributed by atoms with E-state index in [0.717, 1.165) is 16.8 Å². The van der Waals surface area contributed by atoms with Gasteiger partial charge in [-0.2, -0.15) is 9.61 Å². The molecule has 0 fully saturated rings. The molecule has 0 aliphatic rings. The Morgan fingerprint density at radius 2 is 1.85 bits per heavy atom. The zero-order valence-corrected chi connectivity index (χ0v) is 16.4. The summed E-state index contributed by atoms with van der Waals surface area (Å²) >= 11 is 3.51. The van der Waals surface area contributed by atoms with Gasteiger partial charge in [0.25, 0.3) is 0 Å². The first kappa shape index (κ1) is 17.5. The van der Waals surface area contributed by atoms with Crippen LogP contribution in [0.4, 0.5) is 5.82 Å². The number of nitrogens with one attached hydrogen (secondary N) is 1. The molecule has 27 heavy (non-hydrogen) atoms. The number of aromatic nitrogens is 3. The Balaban J connectivity index is 1.70. The van der Waals surface area contributed by atoms with Gasteiger partial charge in [0.2, 0.25) is 0 Å². The van der Waals surface area contributed by atoms with Crippen molar-refractivity contribution in [3.05, 3.63) is 76.9 Å². The third-order valence-corrected chi connectivity index (χ3v) is 5.13. The summed E-state index contributed by atoms with van der Waals surface area (Å²) in [7, 11) is 0. The zero-order chi connectivity index (χ0) is 18.8. The van der Waals surface area contributed by atoms with E-state index in [1.54, 1.807) is 22.8 Å². The standard InChI is InChI=1S/C21H19BrN4O/c1-14(15-7-3-2-4-8-15)12-23-20-11-18(16-9-5-6-10-19(16)27)25-21-17(22)13-24-26(20)21/h2-11,13-14,23,27H,12H2,1H3. The molecule has 0 saturated carbocycles. The van der Waals surface area contributed by atoms with Gasteiger partial charge >= 0.3 is 0 Å². The maximum absolute atomic E-state index is 10.2. The molecule has 2 aromatic carbocycles. The van der Waals surface area contributed by atoms with Crippen molar-refractivity contribution in [2.75, 3.05) is 11.9 Å². The molecule has 2 N–H and O–H groups in total. The predicted molar refractivity (Wildman–Crippen MR) is 111 cm³/mol. The van der Waals surface area contributed by atoms with E-state index in [4.69, 9.17) is 0 Å². The van der Waals surface area contributed by atoms with E-state index in [1.807, 2.05) is 24.3 Å². The number of hydrogen-bond acceptors (Lipinski definition) is 4. The van der Waals surface area contributed by atoms with Crippen LogP contribution in [0.15, 0.2) is 71.3 Å². The molecule has 0 radical (unpaired) electrons. The van der Waals surface area contributed by atoms with Gasteiger partial charge in [-0.05, 0) is 39.5 Å². The van der Waals surface area contributed by atoms with Crippen LogP contribution in [0.2, 0.25) is 0 Å². The number of hydrogen-bond donors (Lipinski definition) is 2. The highest BCUT2D eigenvalue weighted by atomic mass is 79.9. The molecule has 5 nitrogen and oxygen atoms in total. The van der Waals surface area contributed by atoms with Gasteiger partial charge in [-0.25, -0.2) is 4.98 Å². The van der Waals surface area contributed by atoms with E-state index in [9.17, 15) is 5.11 Å². The maximum Gasteiger partial charge on any atom is 0.172 e. The van der Waals surface area contributed by atoms with Crippen LogP contribution in [-0.4, -0.2) is 26.2 Å². The molecular weight excluding hydrogens is 404 g/mol. The molecular formula is C21H19BrN4O. The van der Waals surface area contributed by atoms with Gasteiger partial charge in [-0.15, -0.1) is 0 Å². The minimum Gasteiger partial charge on any atom is -0.507 e. The summed E-state index contributed by atoms with van der Waals surface area (Å²) in [6.07, 6.45) is 1.72. The SMILES string of the molecule is CC(CNc1cc(-c2ccccc2O)nc2c(Br)cnn12)c1ccccc1. The number of halogens is 1. The van der Waals surface area contributed by atoms with Crippen molar-refractivity contribution in [3.8, 4) is 17.0 Å². The third kappa shape index (κ3) is 3.53. The number of rotatable bonds is 5. The Labute approximate surface area is 165 Å². The van der Waals surface area contributed by atoms with Crippen molar-refractivity contribution >= 4 is 27.4 Å². The summed E-state index contributed by atoms with van der Waals surface area (Å²) in [6.45, 7) is 2.93. The summed E-state index contributed by atoms with van der Waals surface area (Å²) in [5.41, 5.74) is 3.35. The van der Waals surface area contributed by atoms with Crippen molar-refractivity contribution < 1.29 is 5.11 Å². The second-order valence-corrected chi connectivity index (χ2v) is 7.32. The van der Waals surface area contributed by atoms with Crippen molar-refractivity contribution in [3.63, 3.8) is 0 Å². The first-order valence-corrected chi connectivity index (χ1v) is 9.54. The fraction of sp³-hybridized carbons (Fsp3) is 0.143. The lowest BCUT2D eigenvalue weighted by Crippen LogP contribution is -2.13. The highest BCUT2D eigenvalue weighted by Crippen LogP contribution is 2.31. The summed E-state index contributed by atoms with van der Waals surface area (Å²) in [5, 5.41) is 18.1. The van der Waals surface area contributed by atoms with E-state index in [0.29, 0.717) is 22.8 Å². The van der Waals surface area contributed by atoms with Crippen LogP contribution in [0, 0.1) is 0 Å². The predicted octanol–water partition coefficient (Wildman–Crippen LogP) is 5.08. The molecule has 2 aromatic heterocycles. The van der Waals surface area contributed by atoms with Crippen LogP contribution in [0.3, 0.4) is 0 Å². The molecule has 0 spiro atoms. The average Bonchev–Trinajstić information content (AvgIpc) is 3.08. The average molecular weight is 423 g/mol. The first-order chi connectivity index (χ1) is 13.1. The lowest BCUT2D eigenvalue weighted by molar-refractivity contribution is 0.477. The van der Waals surface area contributed by atoms with Gasteiger partial charge in [-0.1, -0.05) is 49.4 Å². The van der Waals surface area contributed by atoms with Gasteiger partial charge in [-0.3, -0.25) is 0 Å². The van der Waals surface area contributed by atoms with Crippen molar-refractivity contribution in [2.45, 2.75) is 12.8 Å². The second kappa shape index (κ2) is 7.40. The van der Waals surface area contributed by atoms with E-state index in [-0.39, 0.29) is 5.75 Å². The molecule has 6 heteroatoms. The van der Waals surface area contributed by atoms with Gasteiger partial charge in [0.1, 0.15) is 11.6 Å². The summed E-state index contributed by atoms with van der Waals surface area (Å²) in [6, 6.07) is 19.5. The van der Waals surface area contributed by atoms with Crippen LogP contribution in [0.25, 0.3) is 16.9 Å². The first-order valence-electron chi connectivity index (χ1n) is 8.75. The number of fused-ring (bicyclic) bond motifs is 1. The Morgan fingerprint density at radius 3 is 2.63 bits per heavy atom. The Hall–Kier alpha value is -2.86. The summed E-state index contributed by atoms with van der Waals surface area (Å²) in [5.74, 6) is 1.36. The fourth-order valence-electron chi connectivity index (χ4n) is 3.05. The normalized spacial score (nSPS) is 12.2. The third-order valence-electron chi connectivity index (χ3n) is 4.57. The number of benzene rings is 2. The lowest BCUT2D eigenvalue weighted by Gasteiger charge is -2.16. The van der Waals surface area contributed by atoms with Crippen LogP contribution < -0.4 is 5.32 Å². The number of para-hydroxylation sites is 1. The number of phenols is 1. The fourth-order valence-corrected chi connectivity index (χ4v) is 3.40. The van der Waals surface area contributed by atoms with Gasteiger partial charge in [0, 0.05) is 18.2 Å². The molecule has 2 heterocycles. The van der Waals surface area contributed by atoms with Crippen LogP contribution >= 0.6 is 15.9 Å². The van der Waals surface area contributed by atoms with Gasteiger partial charge in [0.15, 0.2) is 5.65 Å². The minimum atomic E-state index is 0.202. The molecule has 0 aliphatic carbocycles.